The summed E-state index contributed by atoms with van der Waals surface area (Å²) in [5.74, 6) is 1.19. The van der Waals surface area contributed by atoms with Gasteiger partial charge in [0.1, 0.15) is 22.2 Å². The lowest BCUT2D eigenvalue weighted by molar-refractivity contribution is -0.116. The molecule has 1 aromatic carbocycles. The van der Waals surface area contributed by atoms with Crippen molar-refractivity contribution < 1.29 is 14.3 Å². The topological polar surface area (TPSA) is 93.3 Å². The summed E-state index contributed by atoms with van der Waals surface area (Å²) in [5, 5.41) is 3.88. The molecule has 2 aromatic heterocycles. The lowest BCUT2D eigenvalue weighted by Crippen LogP contribution is -2.17. The van der Waals surface area contributed by atoms with Gasteiger partial charge in [-0.25, -0.2) is 4.98 Å². The highest BCUT2D eigenvalue weighted by atomic mass is 35.5. The fourth-order valence-electron chi connectivity index (χ4n) is 3.73. The van der Waals surface area contributed by atoms with E-state index in [1.807, 2.05) is 0 Å². The molecule has 1 aliphatic rings. The zero-order chi connectivity index (χ0) is 21.3. The Bertz CT molecular complexity index is 1170. The monoisotopic (exact) mass is 447 g/mol. The number of hydrogen-bond acceptors (Lipinski definition) is 6. The van der Waals surface area contributed by atoms with Gasteiger partial charge in [0.2, 0.25) is 5.91 Å². The number of nitrogens with zero attached hydrogens (tertiary/aromatic N) is 1. The number of aromatic amines is 1. The number of H-pyrrole nitrogens is 1. The number of aryl methyl sites for hydroxylation is 3. The van der Waals surface area contributed by atoms with Crippen LogP contribution in [0, 0.1) is 0 Å². The number of amides is 1. The first-order chi connectivity index (χ1) is 14.5. The van der Waals surface area contributed by atoms with E-state index in [-0.39, 0.29) is 17.9 Å². The van der Waals surface area contributed by atoms with Crippen LogP contribution in [0.2, 0.25) is 5.02 Å². The molecule has 7 nitrogen and oxygen atoms in total. The van der Waals surface area contributed by atoms with Crippen LogP contribution >= 0.6 is 22.9 Å². The summed E-state index contributed by atoms with van der Waals surface area (Å²) in [6, 6.07) is 3.20. The van der Waals surface area contributed by atoms with Crippen molar-refractivity contribution in [1.29, 1.82) is 0 Å². The number of thiophene rings is 1. The number of aromatic nitrogens is 2. The molecular formula is C21H22ClN3O4S. The molecule has 9 heteroatoms. The molecule has 1 aliphatic carbocycles. The first kappa shape index (κ1) is 20.7. The summed E-state index contributed by atoms with van der Waals surface area (Å²) in [7, 11) is 3.01. The van der Waals surface area contributed by atoms with E-state index in [0.29, 0.717) is 34.5 Å². The Kier molecular flexibility index (Phi) is 5.97. The van der Waals surface area contributed by atoms with Crippen LogP contribution in [-0.2, 0) is 24.1 Å². The lowest BCUT2D eigenvalue weighted by Gasteiger charge is -2.13. The predicted octanol–water partition coefficient (Wildman–Crippen LogP) is 4.11. The zero-order valence-electron chi connectivity index (χ0n) is 16.8. The summed E-state index contributed by atoms with van der Waals surface area (Å²) in [6.45, 7) is 0. The number of fused-ring (bicyclic) bond motifs is 3. The van der Waals surface area contributed by atoms with Crippen molar-refractivity contribution in [2.75, 3.05) is 19.5 Å². The van der Waals surface area contributed by atoms with E-state index < -0.39 is 0 Å². The number of benzene rings is 1. The number of anilines is 1. The average molecular weight is 448 g/mol. The van der Waals surface area contributed by atoms with Gasteiger partial charge in [-0.3, -0.25) is 9.59 Å². The highest BCUT2D eigenvalue weighted by Crippen LogP contribution is 2.36. The van der Waals surface area contributed by atoms with Crippen molar-refractivity contribution in [3.8, 4) is 11.5 Å². The quantitative estimate of drug-likeness (QED) is 0.593. The Morgan fingerprint density at radius 2 is 2.00 bits per heavy atom. The van der Waals surface area contributed by atoms with Gasteiger partial charge in [0.05, 0.1) is 30.3 Å². The molecule has 0 spiro atoms. The van der Waals surface area contributed by atoms with E-state index in [9.17, 15) is 9.59 Å². The summed E-state index contributed by atoms with van der Waals surface area (Å²) >= 11 is 7.75. The molecule has 0 bridgehead atoms. The van der Waals surface area contributed by atoms with Crippen molar-refractivity contribution in [2.45, 2.75) is 38.5 Å². The van der Waals surface area contributed by atoms with E-state index in [2.05, 4.69) is 15.3 Å². The molecule has 1 amide bonds. The molecule has 0 fully saturated rings. The summed E-state index contributed by atoms with van der Waals surface area (Å²) in [6.07, 6.45) is 4.70. The van der Waals surface area contributed by atoms with Crippen LogP contribution in [-0.4, -0.2) is 30.1 Å². The number of hydrogen-bond donors (Lipinski definition) is 2. The molecule has 0 atom stereocenters. The van der Waals surface area contributed by atoms with Crippen LogP contribution < -0.4 is 20.3 Å². The molecule has 0 saturated carbocycles. The van der Waals surface area contributed by atoms with Crippen LogP contribution in [0.1, 0.15) is 35.5 Å². The van der Waals surface area contributed by atoms with Crippen molar-refractivity contribution in [3.05, 3.63) is 43.8 Å². The third-order valence-electron chi connectivity index (χ3n) is 5.21. The normalized spacial score (nSPS) is 13.2. The van der Waals surface area contributed by atoms with Crippen LogP contribution in [0.25, 0.3) is 10.2 Å². The lowest BCUT2D eigenvalue weighted by atomic mass is 9.97. The fourth-order valence-corrected chi connectivity index (χ4v) is 5.25. The Morgan fingerprint density at radius 3 is 2.77 bits per heavy atom. The number of methoxy groups -OCH3 is 2. The van der Waals surface area contributed by atoms with Crippen LogP contribution in [0.3, 0.4) is 0 Å². The van der Waals surface area contributed by atoms with Crippen LogP contribution in [0.4, 0.5) is 5.69 Å². The Hall–Kier alpha value is -2.58. The van der Waals surface area contributed by atoms with Gasteiger partial charge in [0.25, 0.3) is 5.56 Å². The average Bonchev–Trinajstić information content (AvgIpc) is 3.11. The van der Waals surface area contributed by atoms with Gasteiger partial charge in [-0.05, 0) is 37.3 Å². The molecule has 30 heavy (non-hydrogen) atoms. The molecule has 0 saturated heterocycles. The zero-order valence-corrected chi connectivity index (χ0v) is 18.3. The van der Waals surface area contributed by atoms with Gasteiger partial charge < -0.3 is 19.8 Å². The fraction of sp³-hybridized carbons (Fsp3) is 0.381. The molecule has 2 N–H and O–H groups in total. The third kappa shape index (κ3) is 4.02. The third-order valence-corrected chi connectivity index (χ3v) is 6.69. The number of carbonyl (C=O) groups excluding carboxylic acids is 1. The number of carbonyl (C=O) groups is 1. The summed E-state index contributed by atoms with van der Waals surface area (Å²) in [4.78, 5) is 34.6. The SMILES string of the molecule is COc1cc(OC)c(NC(=O)CCc2nc3sc4c(c3c(=O)[nH]2)CCCC4)cc1Cl. The maximum Gasteiger partial charge on any atom is 0.259 e. The Balaban J connectivity index is 1.49. The number of rotatable bonds is 6. The van der Waals surface area contributed by atoms with Gasteiger partial charge in [0, 0.05) is 23.8 Å². The molecule has 0 aliphatic heterocycles. The van der Waals surface area contributed by atoms with E-state index in [1.165, 1.54) is 19.1 Å². The number of halogens is 1. The van der Waals surface area contributed by atoms with Gasteiger partial charge in [-0.1, -0.05) is 11.6 Å². The van der Waals surface area contributed by atoms with Gasteiger partial charge in [-0.2, -0.15) is 0 Å². The molecule has 4 rings (SSSR count). The van der Waals surface area contributed by atoms with Crippen LogP contribution in [0.5, 0.6) is 11.5 Å². The smallest absolute Gasteiger partial charge is 0.259 e. The minimum absolute atomic E-state index is 0.113. The molecule has 2 heterocycles. The highest BCUT2D eigenvalue weighted by Gasteiger charge is 2.20. The molecule has 158 valence electrons. The van der Waals surface area contributed by atoms with Crippen molar-refractivity contribution >= 4 is 44.7 Å². The van der Waals surface area contributed by atoms with Gasteiger partial charge >= 0.3 is 0 Å². The first-order valence-corrected chi connectivity index (χ1v) is 10.9. The molecule has 0 radical (unpaired) electrons. The second-order valence-corrected chi connectivity index (χ2v) is 8.63. The maximum atomic E-state index is 12.6. The van der Waals surface area contributed by atoms with E-state index in [4.69, 9.17) is 21.1 Å². The van der Waals surface area contributed by atoms with E-state index in [0.717, 1.165) is 41.5 Å². The van der Waals surface area contributed by atoms with Crippen LogP contribution in [0.15, 0.2) is 16.9 Å². The summed E-state index contributed by atoms with van der Waals surface area (Å²) in [5.41, 5.74) is 1.50. The minimum atomic E-state index is -0.234. The predicted molar refractivity (Wildman–Crippen MR) is 118 cm³/mol. The van der Waals surface area contributed by atoms with Gasteiger partial charge in [-0.15, -0.1) is 11.3 Å². The number of ether oxygens (including phenoxy) is 2. The Labute approximate surface area is 182 Å². The standard InChI is InChI=1S/C21H22ClN3O4S/c1-28-14-10-15(29-2)13(9-12(14)22)23-18(26)8-7-17-24-20(27)19-11-5-3-4-6-16(11)30-21(19)25-17/h9-10H,3-8H2,1-2H3,(H,23,26)(H,24,25,27). The van der Waals surface area contributed by atoms with Gasteiger partial charge in [0.15, 0.2) is 0 Å². The second-order valence-electron chi connectivity index (χ2n) is 7.14. The van der Waals surface area contributed by atoms with E-state index in [1.54, 1.807) is 23.5 Å². The minimum Gasteiger partial charge on any atom is -0.495 e. The highest BCUT2D eigenvalue weighted by molar-refractivity contribution is 7.18. The van der Waals surface area contributed by atoms with E-state index >= 15 is 0 Å². The molecule has 0 unspecified atom stereocenters. The Morgan fingerprint density at radius 1 is 1.23 bits per heavy atom. The van der Waals surface area contributed by atoms with Crippen molar-refractivity contribution in [3.63, 3.8) is 0 Å². The first-order valence-electron chi connectivity index (χ1n) is 9.75. The molecule has 3 aromatic rings. The largest absolute Gasteiger partial charge is 0.495 e. The maximum absolute atomic E-state index is 12.6. The summed E-state index contributed by atoms with van der Waals surface area (Å²) < 4.78 is 10.5. The van der Waals surface area contributed by atoms with Crippen molar-refractivity contribution in [1.82, 2.24) is 9.97 Å². The molecular weight excluding hydrogens is 426 g/mol. The second kappa shape index (κ2) is 8.65. The number of nitrogens with one attached hydrogen (secondary N) is 2. The van der Waals surface area contributed by atoms with Crippen molar-refractivity contribution in [2.24, 2.45) is 0 Å².